The van der Waals surface area contributed by atoms with Crippen molar-refractivity contribution in [3.05, 3.63) is 28.7 Å². The first-order valence-electron chi connectivity index (χ1n) is 8.42. The molecule has 0 unspecified atom stereocenters. The van der Waals surface area contributed by atoms with Crippen LogP contribution in [-0.4, -0.2) is 19.7 Å². The highest BCUT2D eigenvalue weighted by atomic mass is 79.9. The van der Waals surface area contributed by atoms with E-state index in [0.717, 1.165) is 29.9 Å². The minimum atomic E-state index is 0.730. The second-order valence-corrected chi connectivity index (χ2v) is 6.45. The summed E-state index contributed by atoms with van der Waals surface area (Å²) >= 11 is 3.44. The Hall–Kier alpha value is -0.540. The monoisotopic (exact) mass is 355 g/mol. The highest BCUT2D eigenvalue weighted by molar-refractivity contribution is 9.10. The van der Waals surface area contributed by atoms with Gasteiger partial charge in [0.25, 0.3) is 0 Å². The van der Waals surface area contributed by atoms with Gasteiger partial charge in [-0.2, -0.15) is 0 Å². The fraction of sp³-hybridized carbons (Fsp3) is 0.667. The Kier molecular flexibility index (Phi) is 11.6. The molecule has 0 aromatic heterocycles. The molecule has 0 amide bonds. The zero-order chi connectivity index (χ0) is 15.2. The molecule has 0 fully saturated rings. The van der Waals surface area contributed by atoms with Crippen LogP contribution in [0, 0.1) is 0 Å². The van der Waals surface area contributed by atoms with Crippen molar-refractivity contribution in [1.82, 2.24) is 5.32 Å². The highest BCUT2D eigenvalue weighted by Crippen LogP contribution is 2.17. The van der Waals surface area contributed by atoms with E-state index in [2.05, 4.69) is 28.2 Å². The number of ether oxygens (including phenoxy) is 1. The minimum Gasteiger partial charge on any atom is -0.492 e. The van der Waals surface area contributed by atoms with Gasteiger partial charge in [0.15, 0.2) is 0 Å². The molecule has 0 bridgehead atoms. The van der Waals surface area contributed by atoms with E-state index in [1.165, 1.54) is 51.4 Å². The van der Waals surface area contributed by atoms with Gasteiger partial charge in [-0.15, -0.1) is 0 Å². The van der Waals surface area contributed by atoms with Crippen molar-refractivity contribution in [3.63, 3.8) is 0 Å². The first kappa shape index (κ1) is 18.5. The van der Waals surface area contributed by atoms with E-state index in [4.69, 9.17) is 4.74 Å². The molecule has 0 heterocycles. The maximum absolute atomic E-state index is 5.68. The summed E-state index contributed by atoms with van der Waals surface area (Å²) in [6.07, 6.45) is 11.0. The maximum Gasteiger partial charge on any atom is 0.120 e. The summed E-state index contributed by atoms with van der Waals surface area (Å²) in [5, 5.41) is 3.44. The first-order chi connectivity index (χ1) is 10.3. The third kappa shape index (κ3) is 10.8. The van der Waals surface area contributed by atoms with E-state index in [9.17, 15) is 0 Å². The largest absolute Gasteiger partial charge is 0.492 e. The molecule has 0 saturated carbocycles. The summed E-state index contributed by atoms with van der Waals surface area (Å²) in [6.45, 7) is 5.03. The van der Waals surface area contributed by atoms with E-state index in [-0.39, 0.29) is 0 Å². The van der Waals surface area contributed by atoms with Crippen LogP contribution < -0.4 is 10.1 Å². The summed E-state index contributed by atoms with van der Waals surface area (Å²) < 4.78 is 6.74. The Morgan fingerprint density at radius 3 is 2.38 bits per heavy atom. The molecule has 120 valence electrons. The van der Waals surface area contributed by atoms with E-state index in [0.29, 0.717) is 0 Å². The van der Waals surface area contributed by atoms with E-state index in [1.807, 2.05) is 24.3 Å². The van der Waals surface area contributed by atoms with Gasteiger partial charge in [-0.3, -0.25) is 0 Å². The van der Waals surface area contributed by atoms with E-state index >= 15 is 0 Å². The quantitative estimate of drug-likeness (QED) is 0.467. The van der Waals surface area contributed by atoms with Crippen LogP contribution in [-0.2, 0) is 0 Å². The predicted octanol–water partition coefficient (Wildman–Crippen LogP) is 5.56. The van der Waals surface area contributed by atoms with Gasteiger partial charge in [0.2, 0.25) is 0 Å². The lowest BCUT2D eigenvalue weighted by Gasteiger charge is -2.08. The molecule has 3 heteroatoms. The second-order valence-electron chi connectivity index (χ2n) is 5.53. The summed E-state index contributed by atoms with van der Waals surface area (Å²) in [5.41, 5.74) is 0. The standard InChI is InChI=1S/C18H30BrNO/c1-2-3-4-5-6-7-8-9-13-20-14-15-21-18-12-10-11-17(19)16-18/h10-12,16,20H,2-9,13-15H2,1H3. The Morgan fingerprint density at radius 2 is 1.67 bits per heavy atom. The maximum atomic E-state index is 5.68. The summed E-state index contributed by atoms with van der Waals surface area (Å²) in [5.74, 6) is 0.929. The van der Waals surface area contributed by atoms with Crippen molar-refractivity contribution in [1.29, 1.82) is 0 Å². The van der Waals surface area contributed by atoms with E-state index < -0.39 is 0 Å². The number of hydrogen-bond donors (Lipinski definition) is 1. The fourth-order valence-corrected chi connectivity index (χ4v) is 2.68. The number of rotatable bonds is 13. The van der Waals surface area contributed by atoms with Gasteiger partial charge in [0, 0.05) is 11.0 Å². The summed E-state index contributed by atoms with van der Waals surface area (Å²) in [4.78, 5) is 0. The lowest BCUT2D eigenvalue weighted by molar-refractivity contribution is 0.313. The Balaban J connectivity index is 1.82. The fourth-order valence-electron chi connectivity index (χ4n) is 2.31. The highest BCUT2D eigenvalue weighted by Gasteiger charge is 1.95. The Bertz CT molecular complexity index is 357. The van der Waals surface area contributed by atoms with Crippen molar-refractivity contribution in [2.75, 3.05) is 19.7 Å². The molecule has 0 saturated heterocycles. The van der Waals surface area contributed by atoms with Crippen molar-refractivity contribution >= 4 is 15.9 Å². The number of unbranched alkanes of at least 4 members (excludes halogenated alkanes) is 7. The van der Waals surface area contributed by atoms with Crippen LogP contribution in [0.15, 0.2) is 28.7 Å². The van der Waals surface area contributed by atoms with Gasteiger partial charge in [-0.05, 0) is 31.2 Å². The van der Waals surface area contributed by atoms with Gasteiger partial charge in [-0.1, -0.05) is 73.9 Å². The Morgan fingerprint density at radius 1 is 0.952 bits per heavy atom. The molecular weight excluding hydrogens is 326 g/mol. The molecule has 1 rings (SSSR count). The molecule has 21 heavy (non-hydrogen) atoms. The van der Waals surface area contributed by atoms with Gasteiger partial charge in [-0.25, -0.2) is 0 Å². The molecule has 1 N–H and O–H groups in total. The molecule has 0 aliphatic carbocycles. The number of halogens is 1. The zero-order valence-corrected chi connectivity index (χ0v) is 15.0. The Labute approximate surface area is 138 Å². The van der Waals surface area contributed by atoms with Gasteiger partial charge in [0.05, 0.1) is 0 Å². The normalized spacial score (nSPS) is 10.8. The van der Waals surface area contributed by atoms with Crippen molar-refractivity contribution in [2.45, 2.75) is 58.3 Å². The number of benzene rings is 1. The lowest BCUT2D eigenvalue weighted by Crippen LogP contribution is -2.22. The number of nitrogens with one attached hydrogen (secondary N) is 1. The molecule has 0 radical (unpaired) electrons. The summed E-state index contributed by atoms with van der Waals surface area (Å²) in [7, 11) is 0. The molecule has 0 atom stereocenters. The van der Waals surface area contributed by atoms with Crippen molar-refractivity contribution in [3.8, 4) is 5.75 Å². The SMILES string of the molecule is CCCCCCCCCCNCCOc1cccc(Br)c1. The molecule has 0 aliphatic rings. The van der Waals surface area contributed by atoms with Crippen LogP contribution in [0.25, 0.3) is 0 Å². The smallest absolute Gasteiger partial charge is 0.120 e. The van der Waals surface area contributed by atoms with Gasteiger partial charge >= 0.3 is 0 Å². The van der Waals surface area contributed by atoms with Crippen LogP contribution >= 0.6 is 15.9 Å². The molecular formula is C18H30BrNO. The molecule has 1 aromatic rings. The van der Waals surface area contributed by atoms with E-state index in [1.54, 1.807) is 0 Å². The summed E-state index contributed by atoms with van der Waals surface area (Å²) in [6, 6.07) is 7.99. The topological polar surface area (TPSA) is 21.3 Å². The average molecular weight is 356 g/mol. The van der Waals surface area contributed by atoms with Crippen LogP contribution in [0.4, 0.5) is 0 Å². The van der Waals surface area contributed by atoms with Gasteiger partial charge < -0.3 is 10.1 Å². The second kappa shape index (κ2) is 13.1. The van der Waals surface area contributed by atoms with Crippen LogP contribution in [0.1, 0.15) is 58.3 Å². The predicted molar refractivity (Wildman–Crippen MR) is 95.1 cm³/mol. The van der Waals surface area contributed by atoms with Crippen molar-refractivity contribution in [2.24, 2.45) is 0 Å². The molecule has 2 nitrogen and oxygen atoms in total. The van der Waals surface area contributed by atoms with Gasteiger partial charge in [0.1, 0.15) is 12.4 Å². The van der Waals surface area contributed by atoms with Crippen LogP contribution in [0.3, 0.4) is 0 Å². The first-order valence-corrected chi connectivity index (χ1v) is 9.21. The lowest BCUT2D eigenvalue weighted by atomic mass is 10.1. The number of hydrogen-bond acceptors (Lipinski definition) is 2. The molecule has 0 spiro atoms. The minimum absolute atomic E-state index is 0.730. The molecule has 0 aliphatic heterocycles. The van der Waals surface area contributed by atoms with Crippen molar-refractivity contribution < 1.29 is 4.74 Å². The van der Waals surface area contributed by atoms with Crippen LogP contribution in [0.2, 0.25) is 0 Å². The third-order valence-electron chi connectivity index (χ3n) is 3.55. The van der Waals surface area contributed by atoms with Crippen LogP contribution in [0.5, 0.6) is 5.75 Å². The zero-order valence-electron chi connectivity index (χ0n) is 13.4. The average Bonchev–Trinajstić information content (AvgIpc) is 2.48. The third-order valence-corrected chi connectivity index (χ3v) is 4.04. The molecule has 1 aromatic carbocycles.